The Labute approximate surface area is 156 Å². The minimum atomic E-state index is -1.25. The molecule has 0 aliphatic carbocycles. The molecule has 1 aliphatic rings. The number of rotatable bonds is 4. The van der Waals surface area contributed by atoms with Gasteiger partial charge in [-0.15, -0.1) is 0 Å². The van der Waals surface area contributed by atoms with Gasteiger partial charge in [0.05, 0.1) is 0 Å². The molecular weight excluding hydrogens is 356 g/mol. The van der Waals surface area contributed by atoms with Crippen molar-refractivity contribution in [2.75, 3.05) is 0 Å². The average molecular weight is 373 g/mol. The molecule has 0 bridgehead atoms. The number of hydrogen-bond donors (Lipinski definition) is 0. The molecule has 3 rings (SSSR count). The van der Waals surface area contributed by atoms with Crippen molar-refractivity contribution >= 4 is 29.6 Å². The molecule has 2 aromatic carbocycles. The Morgan fingerprint density at radius 2 is 1.69 bits per heavy atom. The Kier molecular flexibility index (Phi) is 5.00. The Bertz CT molecular complexity index is 846. The van der Waals surface area contributed by atoms with E-state index >= 15 is 0 Å². The lowest BCUT2D eigenvalue weighted by Gasteiger charge is -2.29. The first kappa shape index (κ1) is 18.0. The van der Waals surface area contributed by atoms with Crippen LogP contribution in [-0.4, -0.2) is 17.7 Å². The summed E-state index contributed by atoms with van der Waals surface area (Å²) >= 11 is 5.94. The van der Waals surface area contributed by atoms with Crippen LogP contribution in [0.25, 0.3) is 6.08 Å². The van der Waals surface area contributed by atoms with Crippen LogP contribution in [-0.2, 0) is 25.7 Å². The maximum atomic E-state index is 12.0. The predicted molar refractivity (Wildman–Crippen MR) is 96.5 cm³/mol. The van der Waals surface area contributed by atoms with Crippen molar-refractivity contribution in [3.8, 4) is 5.75 Å². The van der Waals surface area contributed by atoms with Gasteiger partial charge in [-0.3, -0.25) is 0 Å². The number of ether oxygens (including phenoxy) is 3. The first-order chi connectivity index (χ1) is 12.3. The molecule has 26 heavy (non-hydrogen) atoms. The summed E-state index contributed by atoms with van der Waals surface area (Å²) in [6.45, 7) is 3.39. The van der Waals surface area contributed by atoms with Crippen molar-refractivity contribution in [2.24, 2.45) is 0 Å². The summed E-state index contributed by atoms with van der Waals surface area (Å²) in [6.07, 6.45) is 1.43. The molecule has 6 heteroatoms. The van der Waals surface area contributed by atoms with E-state index in [-0.39, 0.29) is 5.57 Å². The van der Waals surface area contributed by atoms with Gasteiger partial charge in [0.1, 0.15) is 17.9 Å². The van der Waals surface area contributed by atoms with Crippen LogP contribution < -0.4 is 4.74 Å². The summed E-state index contributed by atoms with van der Waals surface area (Å²) in [6, 6.07) is 14.4. The Balaban J connectivity index is 1.68. The fraction of sp³-hybridized carbons (Fsp3) is 0.200. The molecule has 0 radical (unpaired) electrons. The van der Waals surface area contributed by atoms with E-state index in [4.69, 9.17) is 25.8 Å². The quantitative estimate of drug-likeness (QED) is 0.458. The molecule has 0 aromatic heterocycles. The molecular formula is C20H17ClO5. The second kappa shape index (κ2) is 7.22. The van der Waals surface area contributed by atoms with Gasteiger partial charge in [-0.2, -0.15) is 0 Å². The maximum absolute atomic E-state index is 12.0. The van der Waals surface area contributed by atoms with E-state index in [1.807, 2.05) is 18.2 Å². The van der Waals surface area contributed by atoms with Crippen LogP contribution >= 0.6 is 11.6 Å². The number of carbonyl (C=O) groups excluding carboxylic acids is 2. The topological polar surface area (TPSA) is 61.8 Å². The second-order valence-electron chi connectivity index (χ2n) is 6.22. The van der Waals surface area contributed by atoms with Crippen molar-refractivity contribution in [1.82, 2.24) is 0 Å². The number of cyclic esters (lactones) is 2. The third-order valence-corrected chi connectivity index (χ3v) is 3.84. The summed E-state index contributed by atoms with van der Waals surface area (Å²) < 4.78 is 15.8. The molecule has 0 saturated carbocycles. The lowest BCUT2D eigenvalue weighted by molar-refractivity contribution is -0.222. The highest BCUT2D eigenvalue weighted by molar-refractivity contribution is 6.30. The fourth-order valence-corrected chi connectivity index (χ4v) is 2.61. The van der Waals surface area contributed by atoms with Crippen LogP contribution in [0.2, 0.25) is 5.02 Å². The highest BCUT2D eigenvalue weighted by atomic mass is 35.5. The van der Waals surface area contributed by atoms with E-state index < -0.39 is 17.7 Å². The largest absolute Gasteiger partial charge is 0.489 e. The Morgan fingerprint density at radius 3 is 2.31 bits per heavy atom. The summed E-state index contributed by atoms with van der Waals surface area (Å²) in [5.41, 5.74) is 1.47. The minimum absolute atomic E-state index is 0.142. The monoisotopic (exact) mass is 372 g/mol. The normalized spacial score (nSPS) is 15.9. The van der Waals surface area contributed by atoms with Gasteiger partial charge in [-0.25, -0.2) is 9.59 Å². The van der Waals surface area contributed by atoms with Crippen LogP contribution in [0, 0.1) is 0 Å². The summed E-state index contributed by atoms with van der Waals surface area (Å²) in [5, 5.41) is 0.655. The number of esters is 2. The van der Waals surface area contributed by atoms with E-state index in [2.05, 4.69) is 0 Å². The van der Waals surface area contributed by atoms with Gasteiger partial charge < -0.3 is 14.2 Å². The van der Waals surface area contributed by atoms with Gasteiger partial charge >= 0.3 is 11.9 Å². The molecule has 0 atom stereocenters. The van der Waals surface area contributed by atoms with E-state index in [9.17, 15) is 9.59 Å². The second-order valence-corrected chi connectivity index (χ2v) is 6.66. The molecule has 1 saturated heterocycles. The number of hydrogen-bond acceptors (Lipinski definition) is 5. The summed E-state index contributed by atoms with van der Waals surface area (Å²) in [4.78, 5) is 23.9. The molecule has 0 N–H and O–H groups in total. The molecule has 0 amide bonds. The molecule has 0 spiro atoms. The van der Waals surface area contributed by atoms with Crippen molar-refractivity contribution in [1.29, 1.82) is 0 Å². The zero-order chi connectivity index (χ0) is 18.7. The highest BCUT2D eigenvalue weighted by Gasteiger charge is 2.38. The van der Waals surface area contributed by atoms with E-state index in [1.165, 1.54) is 19.9 Å². The Morgan fingerprint density at radius 1 is 1.04 bits per heavy atom. The van der Waals surface area contributed by atoms with Gasteiger partial charge in [0.15, 0.2) is 0 Å². The van der Waals surface area contributed by atoms with Crippen molar-refractivity contribution in [3.05, 3.63) is 70.3 Å². The standard InChI is InChI=1S/C20H17ClO5/c1-20(2)25-18(22)17(19(23)26-20)11-13-6-8-16(9-7-13)24-12-14-4-3-5-15(21)10-14/h3-11H,12H2,1-2H3. The summed E-state index contributed by atoms with van der Waals surface area (Å²) in [5.74, 6) is -1.99. The number of benzene rings is 2. The SMILES string of the molecule is CC1(C)OC(=O)C(=Cc2ccc(OCc3cccc(Cl)c3)cc2)C(=O)O1. The molecule has 1 heterocycles. The van der Waals surface area contributed by atoms with Crippen LogP contribution in [0.15, 0.2) is 54.1 Å². The molecule has 1 fully saturated rings. The third kappa shape index (κ3) is 4.43. The van der Waals surface area contributed by atoms with Gasteiger partial charge in [0.25, 0.3) is 5.79 Å². The van der Waals surface area contributed by atoms with Crippen molar-refractivity contribution in [2.45, 2.75) is 26.2 Å². The highest BCUT2D eigenvalue weighted by Crippen LogP contribution is 2.25. The molecule has 2 aromatic rings. The smallest absolute Gasteiger partial charge is 0.348 e. The molecule has 134 valence electrons. The van der Waals surface area contributed by atoms with E-state index in [0.29, 0.717) is 22.9 Å². The zero-order valence-electron chi connectivity index (χ0n) is 14.3. The van der Waals surface area contributed by atoms with Crippen LogP contribution in [0.5, 0.6) is 5.75 Å². The number of halogens is 1. The van der Waals surface area contributed by atoms with E-state index in [0.717, 1.165) is 5.56 Å². The lowest BCUT2D eigenvalue weighted by atomic mass is 10.1. The minimum Gasteiger partial charge on any atom is -0.489 e. The maximum Gasteiger partial charge on any atom is 0.348 e. The van der Waals surface area contributed by atoms with Gasteiger partial charge in [0, 0.05) is 18.9 Å². The number of carbonyl (C=O) groups is 2. The molecule has 1 aliphatic heterocycles. The predicted octanol–water partition coefficient (Wildman–Crippen LogP) is 4.14. The average Bonchev–Trinajstić information content (AvgIpc) is 2.57. The fourth-order valence-electron chi connectivity index (χ4n) is 2.40. The van der Waals surface area contributed by atoms with Crippen molar-refractivity contribution < 1.29 is 23.8 Å². The van der Waals surface area contributed by atoms with Crippen LogP contribution in [0.4, 0.5) is 0 Å². The van der Waals surface area contributed by atoms with Gasteiger partial charge in [-0.05, 0) is 41.5 Å². The van der Waals surface area contributed by atoms with Crippen LogP contribution in [0.3, 0.4) is 0 Å². The third-order valence-electron chi connectivity index (χ3n) is 3.60. The van der Waals surface area contributed by atoms with Gasteiger partial charge in [0.2, 0.25) is 0 Å². The van der Waals surface area contributed by atoms with E-state index in [1.54, 1.807) is 30.3 Å². The summed E-state index contributed by atoms with van der Waals surface area (Å²) in [7, 11) is 0. The van der Waals surface area contributed by atoms with Gasteiger partial charge in [-0.1, -0.05) is 35.9 Å². The van der Waals surface area contributed by atoms with Crippen LogP contribution in [0.1, 0.15) is 25.0 Å². The van der Waals surface area contributed by atoms with Crippen molar-refractivity contribution in [3.63, 3.8) is 0 Å². The zero-order valence-corrected chi connectivity index (χ0v) is 15.1. The Hall–Kier alpha value is -2.79. The molecule has 0 unspecified atom stereocenters. The lowest BCUT2D eigenvalue weighted by Crippen LogP contribution is -2.41. The first-order valence-corrected chi connectivity index (χ1v) is 8.36. The molecule has 5 nitrogen and oxygen atoms in total. The first-order valence-electron chi connectivity index (χ1n) is 7.98.